The normalized spacial score (nSPS) is 11.7. The molecule has 0 aliphatic heterocycles. The summed E-state index contributed by atoms with van der Waals surface area (Å²) < 4.78 is 41.8. The van der Waals surface area contributed by atoms with Gasteiger partial charge in [0.05, 0.1) is 25.1 Å². The monoisotopic (exact) mass is 579 g/mol. The molecule has 212 valence electrons. The number of fused-ring (bicyclic) bond motifs is 1. The Labute approximate surface area is 238 Å². The highest BCUT2D eigenvalue weighted by molar-refractivity contribution is 7.11. The lowest BCUT2D eigenvalue weighted by molar-refractivity contribution is 0.0693. The van der Waals surface area contributed by atoms with Crippen LogP contribution in [-0.4, -0.2) is 45.2 Å². The average Bonchev–Trinajstić information content (AvgIpc) is 3.49. The summed E-state index contributed by atoms with van der Waals surface area (Å²) in [5.41, 5.74) is 1.72. The van der Waals surface area contributed by atoms with Crippen molar-refractivity contribution in [3.05, 3.63) is 81.4 Å². The standard InChI is InChI=1S/C30H27F2N3O5S/c1-15-33-34-25(41-15)14-30(2,3)28-26(16-6-8-19(29(37)38)23(10-16)39-4)27-21(11-17(31)12-22(27)36)35(28)18-7-9-20(32)24(13-18)40-5/h6-13,36H,14H2,1-5H3,(H,37,38). The summed E-state index contributed by atoms with van der Waals surface area (Å²) in [6.07, 6.45) is 0.424. The van der Waals surface area contributed by atoms with Crippen molar-refractivity contribution >= 4 is 28.2 Å². The molecule has 0 atom stereocenters. The van der Waals surface area contributed by atoms with Gasteiger partial charge in [0.25, 0.3) is 0 Å². The van der Waals surface area contributed by atoms with E-state index in [0.717, 1.165) is 16.1 Å². The van der Waals surface area contributed by atoms with Gasteiger partial charge in [0.1, 0.15) is 32.9 Å². The summed E-state index contributed by atoms with van der Waals surface area (Å²) in [5.74, 6) is -2.61. The molecule has 11 heteroatoms. The summed E-state index contributed by atoms with van der Waals surface area (Å²) in [7, 11) is 2.72. The minimum atomic E-state index is -1.16. The van der Waals surface area contributed by atoms with Gasteiger partial charge in [-0.2, -0.15) is 0 Å². The van der Waals surface area contributed by atoms with Gasteiger partial charge in [0.15, 0.2) is 11.6 Å². The smallest absolute Gasteiger partial charge is 0.339 e. The van der Waals surface area contributed by atoms with Crippen LogP contribution in [-0.2, 0) is 11.8 Å². The second-order valence-electron chi connectivity index (χ2n) is 10.2. The summed E-state index contributed by atoms with van der Waals surface area (Å²) in [6, 6.07) is 11.2. The van der Waals surface area contributed by atoms with Crippen LogP contribution < -0.4 is 9.47 Å². The number of ether oxygens (including phenoxy) is 2. The molecule has 0 fully saturated rings. The van der Waals surface area contributed by atoms with Crippen LogP contribution in [0.4, 0.5) is 8.78 Å². The Kier molecular flexibility index (Phi) is 7.16. The molecule has 5 aromatic rings. The van der Waals surface area contributed by atoms with Gasteiger partial charge >= 0.3 is 5.97 Å². The van der Waals surface area contributed by atoms with Crippen LogP contribution in [0.15, 0.2) is 48.5 Å². The van der Waals surface area contributed by atoms with E-state index >= 15 is 0 Å². The van der Waals surface area contributed by atoms with Crippen molar-refractivity contribution in [3.63, 3.8) is 0 Å². The van der Waals surface area contributed by atoms with Crippen LogP contribution in [0.1, 0.15) is 39.9 Å². The number of aromatic carboxylic acids is 1. The van der Waals surface area contributed by atoms with Gasteiger partial charge in [-0.3, -0.25) is 0 Å². The zero-order valence-electron chi connectivity index (χ0n) is 23.0. The highest BCUT2D eigenvalue weighted by Crippen LogP contribution is 2.48. The van der Waals surface area contributed by atoms with Gasteiger partial charge in [-0.1, -0.05) is 19.9 Å². The van der Waals surface area contributed by atoms with Gasteiger partial charge in [-0.25, -0.2) is 13.6 Å². The van der Waals surface area contributed by atoms with Crippen LogP contribution in [0.3, 0.4) is 0 Å². The number of phenolic OH excluding ortho intramolecular Hbond substituents is 1. The maximum absolute atomic E-state index is 14.9. The molecule has 0 unspecified atom stereocenters. The highest BCUT2D eigenvalue weighted by Gasteiger charge is 2.35. The molecule has 8 nitrogen and oxygen atoms in total. The average molecular weight is 580 g/mol. The Morgan fingerprint density at radius 2 is 1.76 bits per heavy atom. The van der Waals surface area contributed by atoms with E-state index in [-0.39, 0.29) is 22.8 Å². The topological polar surface area (TPSA) is 107 Å². The number of hydrogen-bond acceptors (Lipinski definition) is 7. The van der Waals surface area contributed by atoms with E-state index in [1.165, 1.54) is 49.8 Å². The molecule has 0 saturated heterocycles. The van der Waals surface area contributed by atoms with Gasteiger partial charge in [0, 0.05) is 40.9 Å². The van der Waals surface area contributed by atoms with E-state index in [0.29, 0.717) is 39.8 Å². The molecular formula is C30H27F2N3O5S. The quantitative estimate of drug-likeness (QED) is 0.211. The van der Waals surface area contributed by atoms with Crippen molar-refractivity contribution in [2.45, 2.75) is 32.6 Å². The Morgan fingerprint density at radius 1 is 1.02 bits per heavy atom. The summed E-state index contributed by atoms with van der Waals surface area (Å²) in [4.78, 5) is 11.8. The third-order valence-corrected chi connectivity index (χ3v) is 7.77. The molecule has 0 bridgehead atoms. The molecular weight excluding hydrogens is 552 g/mol. The molecule has 5 rings (SSSR count). The molecule has 2 aromatic heterocycles. The highest BCUT2D eigenvalue weighted by atomic mass is 32.1. The molecule has 0 aliphatic carbocycles. The first kappa shape index (κ1) is 28.0. The summed E-state index contributed by atoms with van der Waals surface area (Å²) >= 11 is 1.45. The Morgan fingerprint density at radius 3 is 2.39 bits per heavy atom. The number of carboxylic acid groups (broad SMARTS) is 1. The van der Waals surface area contributed by atoms with Crippen molar-refractivity contribution in [2.24, 2.45) is 0 Å². The van der Waals surface area contributed by atoms with E-state index in [1.807, 2.05) is 20.8 Å². The molecule has 0 radical (unpaired) electrons. The SMILES string of the molecule is COc1cc(-n2c(C(C)(C)Cc3nnc(C)s3)c(-c3ccc(C(=O)O)c(OC)c3)c3c(O)cc(F)cc32)ccc1F. The molecule has 0 saturated carbocycles. The zero-order chi connectivity index (χ0) is 29.6. The van der Waals surface area contributed by atoms with E-state index in [2.05, 4.69) is 10.2 Å². The lowest BCUT2D eigenvalue weighted by Crippen LogP contribution is -2.25. The fourth-order valence-electron chi connectivity index (χ4n) is 5.23. The van der Waals surface area contributed by atoms with Crippen LogP contribution in [0.5, 0.6) is 17.2 Å². The van der Waals surface area contributed by atoms with Crippen LogP contribution in [0, 0.1) is 18.6 Å². The minimum absolute atomic E-state index is 0.0116. The molecule has 2 heterocycles. The first-order valence-electron chi connectivity index (χ1n) is 12.6. The van der Waals surface area contributed by atoms with Gasteiger partial charge < -0.3 is 24.3 Å². The number of halogens is 2. The van der Waals surface area contributed by atoms with Crippen LogP contribution in [0.2, 0.25) is 0 Å². The molecule has 41 heavy (non-hydrogen) atoms. The number of benzene rings is 3. The van der Waals surface area contributed by atoms with Gasteiger partial charge in [-0.15, -0.1) is 21.5 Å². The predicted molar refractivity (Wildman–Crippen MR) is 152 cm³/mol. The fourth-order valence-corrected chi connectivity index (χ4v) is 6.17. The number of carboxylic acids is 1. The van der Waals surface area contributed by atoms with Crippen molar-refractivity contribution in [1.82, 2.24) is 14.8 Å². The van der Waals surface area contributed by atoms with Gasteiger partial charge in [0.2, 0.25) is 0 Å². The van der Waals surface area contributed by atoms with E-state index in [9.17, 15) is 23.8 Å². The molecule has 0 spiro atoms. The number of aromatic nitrogens is 3. The second kappa shape index (κ2) is 10.5. The lowest BCUT2D eigenvalue weighted by atomic mass is 9.81. The van der Waals surface area contributed by atoms with Crippen molar-refractivity contribution in [3.8, 4) is 34.1 Å². The largest absolute Gasteiger partial charge is 0.507 e. The maximum Gasteiger partial charge on any atom is 0.339 e. The molecule has 3 aromatic carbocycles. The van der Waals surface area contributed by atoms with E-state index in [4.69, 9.17) is 9.47 Å². The number of hydrogen-bond donors (Lipinski definition) is 2. The van der Waals surface area contributed by atoms with Crippen molar-refractivity contribution in [1.29, 1.82) is 0 Å². The molecule has 0 aliphatic rings. The maximum atomic E-state index is 14.9. The van der Waals surface area contributed by atoms with Crippen molar-refractivity contribution in [2.75, 3.05) is 14.2 Å². The number of aryl methyl sites for hydroxylation is 1. The Bertz CT molecular complexity index is 1810. The van der Waals surface area contributed by atoms with Crippen molar-refractivity contribution < 1.29 is 33.3 Å². The molecule has 0 amide bonds. The summed E-state index contributed by atoms with van der Waals surface area (Å²) in [5, 5.41) is 31.2. The number of phenols is 1. The second-order valence-corrected chi connectivity index (χ2v) is 11.5. The van der Waals surface area contributed by atoms with E-state index in [1.54, 1.807) is 22.8 Å². The number of nitrogens with zero attached hydrogens (tertiary/aromatic N) is 3. The first-order valence-corrected chi connectivity index (χ1v) is 13.4. The fraction of sp³-hybridized carbons (Fsp3) is 0.233. The number of rotatable bonds is 8. The Hall–Kier alpha value is -4.51. The number of methoxy groups -OCH3 is 2. The minimum Gasteiger partial charge on any atom is -0.507 e. The number of aromatic hydroxyl groups is 1. The first-order chi connectivity index (χ1) is 19.4. The predicted octanol–water partition coefficient (Wildman–Crippen LogP) is 6.68. The third kappa shape index (κ3) is 4.97. The number of carbonyl (C=O) groups is 1. The Balaban J connectivity index is 1.94. The van der Waals surface area contributed by atoms with Crippen LogP contribution >= 0.6 is 11.3 Å². The molecule has 2 N–H and O–H groups in total. The van der Waals surface area contributed by atoms with Gasteiger partial charge in [-0.05, 0) is 42.8 Å². The summed E-state index contributed by atoms with van der Waals surface area (Å²) in [6.45, 7) is 5.82. The third-order valence-electron chi connectivity index (χ3n) is 6.93. The zero-order valence-corrected chi connectivity index (χ0v) is 23.8. The van der Waals surface area contributed by atoms with E-state index < -0.39 is 23.0 Å². The lowest BCUT2D eigenvalue weighted by Gasteiger charge is -2.28. The van der Waals surface area contributed by atoms with Crippen LogP contribution in [0.25, 0.3) is 27.7 Å².